The molecule has 2 aromatic carbocycles. The van der Waals surface area contributed by atoms with E-state index in [2.05, 4.69) is 15.3 Å². The standard InChI is InChI=1S/C23H20F3N3/c1-14-6-4-9-17-18-12-15-7-2-3-10-19(15)29-22(23(24,25)26,21(18)28-20(14)17)13-16-8-5-11-27-16/h2-11,27-29H,12-13H2,1H3/t22-/m0/s1. The second-order valence-electron chi connectivity index (χ2n) is 7.71. The van der Waals surface area contributed by atoms with Crippen LogP contribution in [0.3, 0.4) is 0 Å². The highest BCUT2D eigenvalue weighted by atomic mass is 19.4. The molecule has 4 aromatic rings. The molecule has 2 aromatic heterocycles. The summed E-state index contributed by atoms with van der Waals surface area (Å²) in [5.41, 5.74) is 2.21. The zero-order valence-electron chi connectivity index (χ0n) is 15.8. The number of para-hydroxylation sites is 2. The van der Waals surface area contributed by atoms with Crippen molar-refractivity contribution in [1.29, 1.82) is 0 Å². The summed E-state index contributed by atoms with van der Waals surface area (Å²) in [5.74, 6) is 0. The van der Waals surface area contributed by atoms with Gasteiger partial charge in [-0.3, -0.25) is 0 Å². The third kappa shape index (κ3) is 2.66. The Kier molecular flexibility index (Phi) is 3.81. The van der Waals surface area contributed by atoms with Crippen LogP contribution < -0.4 is 5.32 Å². The zero-order chi connectivity index (χ0) is 20.2. The van der Waals surface area contributed by atoms with Crippen molar-refractivity contribution in [2.45, 2.75) is 31.5 Å². The van der Waals surface area contributed by atoms with Gasteiger partial charge in [0.05, 0.1) is 5.69 Å². The molecule has 6 heteroatoms. The van der Waals surface area contributed by atoms with Crippen LogP contribution in [0.25, 0.3) is 10.9 Å². The van der Waals surface area contributed by atoms with E-state index in [0.717, 1.165) is 22.0 Å². The van der Waals surface area contributed by atoms with Crippen LogP contribution in [-0.4, -0.2) is 16.1 Å². The predicted molar refractivity (Wildman–Crippen MR) is 108 cm³/mol. The molecule has 29 heavy (non-hydrogen) atoms. The number of benzene rings is 2. The third-order valence-corrected chi connectivity index (χ3v) is 5.91. The van der Waals surface area contributed by atoms with Gasteiger partial charge in [-0.2, -0.15) is 13.2 Å². The number of nitrogens with one attached hydrogen (secondary N) is 3. The molecule has 5 rings (SSSR count). The summed E-state index contributed by atoms with van der Waals surface area (Å²) in [7, 11) is 0. The number of aromatic nitrogens is 2. The third-order valence-electron chi connectivity index (χ3n) is 5.91. The van der Waals surface area contributed by atoms with E-state index < -0.39 is 11.7 Å². The van der Waals surface area contributed by atoms with Gasteiger partial charge in [0.15, 0.2) is 5.54 Å². The lowest BCUT2D eigenvalue weighted by Gasteiger charge is -2.36. The van der Waals surface area contributed by atoms with Crippen LogP contribution in [0.1, 0.15) is 28.1 Å². The average Bonchev–Trinajstić information content (AvgIpc) is 3.28. The van der Waals surface area contributed by atoms with E-state index in [1.54, 1.807) is 30.5 Å². The van der Waals surface area contributed by atoms with Crippen molar-refractivity contribution in [1.82, 2.24) is 9.97 Å². The van der Waals surface area contributed by atoms with Crippen LogP contribution in [0.15, 0.2) is 60.8 Å². The Hall–Kier alpha value is -3.15. The van der Waals surface area contributed by atoms with Gasteiger partial charge in [0, 0.05) is 41.3 Å². The molecular formula is C23H20F3N3. The molecule has 0 aliphatic carbocycles. The molecule has 148 valence electrons. The maximum Gasteiger partial charge on any atom is 0.417 e. The predicted octanol–water partition coefficient (Wildman–Crippen LogP) is 5.82. The van der Waals surface area contributed by atoms with Crippen LogP contribution in [0, 0.1) is 6.92 Å². The SMILES string of the molecule is Cc1cccc2c3c([nH]c12)[C@@](Cc1ccc[nH]1)(C(F)(F)F)Nc1ccccc1C3. The molecule has 0 saturated heterocycles. The number of rotatable bonds is 2. The Morgan fingerprint density at radius 2 is 1.83 bits per heavy atom. The minimum Gasteiger partial charge on any atom is -0.366 e. The number of anilines is 1. The zero-order valence-corrected chi connectivity index (χ0v) is 15.8. The van der Waals surface area contributed by atoms with Crippen molar-refractivity contribution in [2.24, 2.45) is 0 Å². The quantitative estimate of drug-likeness (QED) is 0.393. The average molecular weight is 395 g/mol. The first kappa shape index (κ1) is 17.9. The summed E-state index contributed by atoms with van der Waals surface area (Å²) < 4.78 is 44.6. The van der Waals surface area contributed by atoms with Gasteiger partial charge in [-0.1, -0.05) is 36.4 Å². The number of aromatic amines is 2. The van der Waals surface area contributed by atoms with Gasteiger partial charge in [0.2, 0.25) is 0 Å². The van der Waals surface area contributed by atoms with E-state index in [0.29, 0.717) is 23.4 Å². The van der Waals surface area contributed by atoms with Gasteiger partial charge in [-0.05, 0) is 41.8 Å². The number of hydrogen-bond acceptors (Lipinski definition) is 1. The van der Waals surface area contributed by atoms with Crippen molar-refractivity contribution in [3.8, 4) is 0 Å². The second-order valence-corrected chi connectivity index (χ2v) is 7.71. The van der Waals surface area contributed by atoms with Crippen LogP contribution in [-0.2, 0) is 18.4 Å². The first-order valence-corrected chi connectivity index (χ1v) is 9.55. The molecule has 1 aliphatic heterocycles. The molecular weight excluding hydrogens is 375 g/mol. The Bertz CT molecular complexity index is 1190. The Morgan fingerprint density at radius 3 is 2.59 bits per heavy atom. The van der Waals surface area contributed by atoms with Gasteiger partial charge in [0.1, 0.15) is 0 Å². The summed E-state index contributed by atoms with van der Waals surface area (Å²) in [6, 6.07) is 16.4. The topological polar surface area (TPSA) is 43.6 Å². The highest BCUT2D eigenvalue weighted by Gasteiger charge is 2.59. The highest BCUT2D eigenvalue weighted by Crippen LogP contribution is 2.49. The van der Waals surface area contributed by atoms with E-state index in [1.807, 2.05) is 37.3 Å². The van der Waals surface area contributed by atoms with E-state index in [-0.39, 0.29) is 12.1 Å². The lowest BCUT2D eigenvalue weighted by molar-refractivity contribution is -0.183. The summed E-state index contributed by atoms with van der Waals surface area (Å²) in [5, 5.41) is 3.76. The Morgan fingerprint density at radius 1 is 1.00 bits per heavy atom. The van der Waals surface area contributed by atoms with Gasteiger partial charge in [-0.15, -0.1) is 0 Å². The summed E-state index contributed by atoms with van der Waals surface area (Å²) in [6.45, 7) is 1.92. The molecule has 0 unspecified atom stereocenters. The Labute approximate surface area is 166 Å². The molecule has 1 aliphatic rings. The lowest BCUT2D eigenvalue weighted by atomic mass is 9.86. The van der Waals surface area contributed by atoms with Crippen LogP contribution in [0.2, 0.25) is 0 Å². The van der Waals surface area contributed by atoms with E-state index in [9.17, 15) is 13.2 Å². The normalized spacial score (nSPS) is 18.8. The summed E-state index contributed by atoms with van der Waals surface area (Å²) in [4.78, 5) is 6.12. The summed E-state index contributed by atoms with van der Waals surface area (Å²) >= 11 is 0. The van der Waals surface area contributed by atoms with Gasteiger partial charge in [-0.25, -0.2) is 0 Å². The van der Waals surface area contributed by atoms with Crippen molar-refractivity contribution in [2.75, 3.05) is 5.32 Å². The molecule has 3 N–H and O–H groups in total. The molecule has 3 nitrogen and oxygen atoms in total. The fourth-order valence-electron chi connectivity index (χ4n) is 4.46. The first-order valence-electron chi connectivity index (χ1n) is 9.55. The summed E-state index contributed by atoms with van der Waals surface area (Å²) in [6.07, 6.45) is -2.68. The van der Waals surface area contributed by atoms with E-state index in [4.69, 9.17) is 0 Å². The largest absolute Gasteiger partial charge is 0.417 e. The number of fused-ring (bicyclic) bond motifs is 4. The second kappa shape index (κ2) is 6.17. The van der Waals surface area contributed by atoms with Crippen LogP contribution in [0.4, 0.5) is 18.9 Å². The molecule has 1 atom stereocenters. The van der Waals surface area contributed by atoms with E-state index >= 15 is 0 Å². The van der Waals surface area contributed by atoms with Crippen molar-refractivity contribution < 1.29 is 13.2 Å². The molecule has 0 bridgehead atoms. The maximum absolute atomic E-state index is 14.9. The molecule has 3 heterocycles. The maximum atomic E-state index is 14.9. The Balaban J connectivity index is 1.86. The fraction of sp³-hybridized carbons (Fsp3) is 0.217. The van der Waals surface area contributed by atoms with Crippen molar-refractivity contribution in [3.63, 3.8) is 0 Å². The van der Waals surface area contributed by atoms with Gasteiger partial charge < -0.3 is 15.3 Å². The van der Waals surface area contributed by atoms with Crippen LogP contribution >= 0.6 is 0 Å². The number of alkyl halides is 3. The van der Waals surface area contributed by atoms with Crippen LogP contribution in [0.5, 0.6) is 0 Å². The van der Waals surface area contributed by atoms with E-state index in [1.165, 1.54) is 0 Å². The van der Waals surface area contributed by atoms with Gasteiger partial charge >= 0.3 is 6.18 Å². The molecule has 0 fully saturated rings. The number of H-pyrrole nitrogens is 2. The minimum atomic E-state index is -4.53. The van der Waals surface area contributed by atoms with Crippen molar-refractivity contribution in [3.05, 3.63) is 88.9 Å². The number of halogens is 3. The van der Waals surface area contributed by atoms with Crippen molar-refractivity contribution >= 4 is 16.6 Å². The molecule has 0 amide bonds. The van der Waals surface area contributed by atoms with Gasteiger partial charge in [0.25, 0.3) is 0 Å². The fourth-order valence-corrected chi connectivity index (χ4v) is 4.46. The molecule has 0 spiro atoms. The first-order chi connectivity index (χ1) is 13.9. The highest BCUT2D eigenvalue weighted by molar-refractivity contribution is 5.89. The number of aryl methyl sites for hydroxylation is 1. The molecule has 0 saturated carbocycles. The number of hydrogen-bond donors (Lipinski definition) is 3. The smallest absolute Gasteiger partial charge is 0.366 e. The minimum absolute atomic E-state index is 0.195. The lowest BCUT2D eigenvalue weighted by Crippen LogP contribution is -2.51. The molecule has 0 radical (unpaired) electrons. The monoisotopic (exact) mass is 395 g/mol.